The molecule has 1 N–H and O–H groups in total. The molecule has 2 aromatic rings. The highest BCUT2D eigenvalue weighted by atomic mass is 16.5. The first-order chi connectivity index (χ1) is 9.94. The molecule has 0 aliphatic rings. The molecule has 0 saturated carbocycles. The van der Waals surface area contributed by atoms with E-state index in [2.05, 4.69) is 38.2 Å². The Bertz CT molecular complexity index is 660. The van der Waals surface area contributed by atoms with Gasteiger partial charge in [0.2, 0.25) is 5.76 Å². The van der Waals surface area contributed by atoms with Gasteiger partial charge in [0.1, 0.15) is 17.6 Å². The fourth-order valence-electron chi connectivity index (χ4n) is 2.03. The van der Waals surface area contributed by atoms with Crippen molar-refractivity contribution in [2.75, 3.05) is 12.4 Å². The van der Waals surface area contributed by atoms with Crippen LogP contribution in [-0.2, 0) is 12.0 Å². The number of ether oxygens (including phenoxy) is 1. The Morgan fingerprint density at radius 1 is 1.24 bits per heavy atom. The van der Waals surface area contributed by atoms with E-state index in [1.165, 1.54) is 5.56 Å². The van der Waals surface area contributed by atoms with Crippen LogP contribution in [0.5, 0.6) is 5.75 Å². The predicted molar refractivity (Wildman–Crippen MR) is 82.4 cm³/mol. The molecule has 1 heterocycles. The molecule has 0 atom stereocenters. The molecule has 0 saturated heterocycles. The average molecular weight is 284 g/mol. The van der Waals surface area contributed by atoms with Crippen LogP contribution in [0.15, 0.2) is 34.7 Å². The normalized spacial score (nSPS) is 11.0. The molecular weight excluding hydrogens is 264 g/mol. The largest absolute Gasteiger partial charge is 0.495 e. The van der Waals surface area contributed by atoms with Crippen molar-refractivity contribution < 1.29 is 9.15 Å². The lowest BCUT2D eigenvalue weighted by Gasteiger charge is -2.21. The van der Waals surface area contributed by atoms with Crippen molar-refractivity contribution in [3.63, 3.8) is 0 Å². The van der Waals surface area contributed by atoms with Crippen LogP contribution < -0.4 is 10.1 Å². The van der Waals surface area contributed by atoms with E-state index < -0.39 is 0 Å². The summed E-state index contributed by atoms with van der Waals surface area (Å²) < 4.78 is 10.7. The summed E-state index contributed by atoms with van der Waals surface area (Å²) in [5.41, 5.74) is 2.21. The van der Waals surface area contributed by atoms with Gasteiger partial charge >= 0.3 is 0 Å². The van der Waals surface area contributed by atoms with Gasteiger partial charge in [0.05, 0.1) is 19.3 Å². The van der Waals surface area contributed by atoms with Crippen molar-refractivity contribution in [3.8, 4) is 11.8 Å². The Morgan fingerprint density at radius 3 is 2.57 bits per heavy atom. The first kappa shape index (κ1) is 15.0. The maximum atomic E-state index is 8.76. The van der Waals surface area contributed by atoms with Gasteiger partial charge in [0, 0.05) is 0 Å². The van der Waals surface area contributed by atoms with E-state index in [-0.39, 0.29) is 5.41 Å². The number of benzene rings is 1. The molecule has 0 fully saturated rings. The van der Waals surface area contributed by atoms with Crippen molar-refractivity contribution >= 4 is 5.69 Å². The summed E-state index contributed by atoms with van der Waals surface area (Å²) in [5, 5.41) is 12.1. The molecule has 0 bridgehead atoms. The van der Waals surface area contributed by atoms with Crippen LogP contribution in [0, 0.1) is 11.3 Å². The summed E-state index contributed by atoms with van der Waals surface area (Å²) in [6, 6.07) is 11.6. The Hall–Kier alpha value is -2.41. The molecule has 4 nitrogen and oxygen atoms in total. The summed E-state index contributed by atoms with van der Waals surface area (Å²) in [5.74, 6) is 1.83. The summed E-state index contributed by atoms with van der Waals surface area (Å²) in [7, 11) is 1.65. The number of rotatable bonds is 4. The number of hydrogen-bond acceptors (Lipinski definition) is 4. The molecule has 0 amide bonds. The number of hydrogen-bond donors (Lipinski definition) is 1. The van der Waals surface area contributed by atoms with Crippen molar-refractivity contribution in [2.45, 2.75) is 32.7 Å². The van der Waals surface area contributed by atoms with Crippen LogP contribution in [0.25, 0.3) is 0 Å². The van der Waals surface area contributed by atoms with Crippen LogP contribution in [-0.4, -0.2) is 7.11 Å². The van der Waals surface area contributed by atoms with Crippen LogP contribution in [0.3, 0.4) is 0 Å². The first-order valence-corrected chi connectivity index (χ1v) is 6.85. The molecule has 1 aromatic carbocycles. The van der Waals surface area contributed by atoms with E-state index in [0.29, 0.717) is 12.3 Å². The highest BCUT2D eigenvalue weighted by Gasteiger charge is 2.16. The maximum Gasteiger partial charge on any atom is 0.203 e. The van der Waals surface area contributed by atoms with Gasteiger partial charge in [-0.15, -0.1) is 0 Å². The quantitative estimate of drug-likeness (QED) is 0.919. The number of nitrogens with zero attached hydrogens (tertiary/aromatic N) is 1. The van der Waals surface area contributed by atoms with E-state index in [1.807, 2.05) is 12.1 Å². The third-order valence-corrected chi connectivity index (χ3v) is 3.29. The van der Waals surface area contributed by atoms with Crippen molar-refractivity contribution in [1.82, 2.24) is 0 Å². The second-order valence-electron chi connectivity index (χ2n) is 5.90. The minimum atomic E-state index is 0.0708. The zero-order valence-corrected chi connectivity index (χ0v) is 12.9. The Morgan fingerprint density at radius 2 is 2.00 bits per heavy atom. The summed E-state index contributed by atoms with van der Waals surface area (Å²) in [6.07, 6.45) is 0. The fourth-order valence-corrected chi connectivity index (χ4v) is 2.03. The molecular formula is C17H20N2O2. The molecule has 0 radical (unpaired) electrons. The van der Waals surface area contributed by atoms with Gasteiger partial charge in [-0.1, -0.05) is 26.8 Å². The topological polar surface area (TPSA) is 58.2 Å². The van der Waals surface area contributed by atoms with Crippen molar-refractivity contribution in [1.29, 1.82) is 5.26 Å². The van der Waals surface area contributed by atoms with E-state index in [9.17, 15) is 0 Å². The molecule has 21 heavy (non-hydrogen) atoms. The van der Waals surface area contributed by atoms with Gasteiger partial charge < -0.3 is 14.5 Å². The number of nitriles is 1. The summed E-state index contributed by atoms with van der Waals surface area (Å²) in [6.45, 7) is 7.02. The standard InChI is InChI=1S/C17H20N2O2/c1-17(2,3)12-5-8-16(20-4)15(9-12)19-11-14-7-6-13(10-18)21-14/h5-9,19H,11H2,1-4H3. The monoisotopic (exact) mass is 284 g/mol. The summed E-state index contributed by atoms with van der Waals surface area (Å²) >= 11 is 0. The Balaban J connectivity index is 2.19. The zero-order chi connectivity index (χ0) is 15.5. The van der Waals surface area contributed by atoms with Crippen LogP contribution in [0.4, 0.5) is 5.69 Å². The van der Waals surface area contributed by atoms with Crippen LogP contribution in [0.1, 0.15) is 37.9 Å². The number of methoxy groups -OCH3 is 1. The zero-order valence-electron chi connectivity index (χ0n) is 12.9. The molecule has 0 aliphatic heterocycles. The lowest BCUT2D eigenvalue weighted by atomic mass is 9.87. The smallest absolute Gasteiger partial charge is 0.203 e. The molecule has 1 aromatic heterocycles. The lowest BCUT2D eigenvalue weighted by Crippen LogP contribution is -2.12. The molecule has 0 spiro atoms. The average Bonchev–Trinajstić information content (AvgIpc) is 2.91. The molecule has 4 heteroatoms. The number of anilines is 1. The highest BCUT2D eigenvalue weighted by Crippen LogP contribution is 2.31. The van der Waals surface area contributed by atoms with Gasteiger partial charge in [0.25, 0.3) is 0 Å². The van der Waals surface area contributed by atoms with Crippen molar-refractivity contribution in [3.05, 3.63) is 47.4 Å². The van der Waals surface area contributed by atoms with E-state index in [1.54, 1.807) is 19.2 Å². The highest BCUT2D eigenvalue weighted by molar-refractivity contribution is 5.59. The van der Waals surface area contributed by atoms with E-state index >= 15 is 0 Å². The fraction of sp³-hybridized carbons (Fsp3) is 0.353. The van der Waals surface area contributed by atoms with Gasteiger partial charge in [-0.05, 0) is 35.2 Å². The number of furan rings is 1. The van der Waals surface area contributed by atoms with Gasteiger partial charge in [0.15, 0.2) is 0 Å². The minimum Gasteiger partial charge on any atom is -0.495 e. The molecule has 0 aliphatic carbocycles. The lowest BCUT2D eigenvalue weighted by molar-refractivity contribution is 0.415. The maximum absolute atomic E-state index is 8.76. The van der Waals surface area contributed by atoms with Gasteiger partial charge in [-0.3, -0.25) is 0 Å². The molecule has 110 valence electrons. The molecule has 2 rings (SSSR count). The molecule has 0 unspecified atom stereocenters. The summed E-state index contributed by atoms with van der Waals surface area (Å²) in [4.78, 5) is 0. The number of nitrogens with one attached hydrogen (secondary N) is 1. The predicted octanol–water partition coefficient (Wildman–Crippen LogP) is 4.07. The second kappa shape index (κ2) is 5.92. The first-order valence-electron chi connectivity index (χ1n) is 6.85. The van der Waals surface area contributed by atoms with Gasteiger partial charge in [-0.2, -0.15) is 5.26 Å². The third-order valence-electron chi connectivity index (χ3n) is 3.29. The third kappa shape index (κ3) is 3.57. The second-order valence-corrected chi connectivity index (χ2v) is 5.90. The van der Waals surface area contributed by atoms with E-state index in [4.69, 9.17) is 14.4 Å². The van der Waals surface area contributed by atoms with Crippen LogP contribution >= 0.6 is 0 Å². The van der Waals surface area contributed by atoms with Crippen molar-refractivity contribution in [2.24, 2.45) is 0 Å². The Labute approximate surface area is 125 Å². The SMILES string of the molecule is COc1ccc(C(C)(C)C)cc1NCc1ccc(C#N)o1. The minimum absolute atomic E-state index is 0.0708. The van der Waals surface area contributed by atoms with E-state index in [0.717, 1.165) is 17.2 Å². The van der Waals surface area contributed by atoms with Gasteiger partial charge in [-0.25, -0.2) is 0 Å². The Kier molecular flexibility index (Phi) is 4.23. The van der Waals surface area contributed by atoms with Crippen LogP contribution in [0.2, 0.25) is 0 Å².